The third-order valence-corrected chi connectivity index (χ3v) is 4.77. The number of carbonyl (C=O) groups excluding carboxylic acids is 2. The second kappa shape index (κ2) is 7.48. The van der Waals surface area contributed by atoms with Crippen molar-refractivity contribution in [1.29, 1.82) is 0 Å². The molecule has 1 aliphatic rings. The highest BCUT2D eigenvalue weighted by Gasteiger charge is 2.50. The molecule has 0 unspecified atom stereocenters. The van der Waals surface area contributed by atoms with Crippen molar-refractivity contribution in [2.24, 2.45) is 0 Å². The largest absolute Gasteiger partial charge is 0.456 e. The Kier molecular flexibility index (Phi) is 5.48. The summed E-state index contributed by atoms with van der Waals surface area (Å²) in [5, 5.41) is -0.0549. The maximum absolute atomic E-state index is 11.6. The second-order valence-corrected chi connectivity index (χ2v) is 6.79. The molecule has 10 nitrogen and oxygen atoms in total. The smallest absolute Gasteiger partial charge is 0.303 e. The van der Waals surface area contributed by atoms with Gasteiger partial charge in [0.2, 0.25) is 5.28 Å². The molecule has 2 N–H and O–H groups in total. The number of esters is 2. The van der Waals surface area contributed by atoms with E-state index in [0.717, 1.165) is 0 Å². The number of aromatic nitrogens is 4. The number of halogens is 2. The molecule has 2 aromatic heterocycles. The van der Waals surface area contributed by atoms with Crippen LogP contribution in [0.4, 0.5) is 5.82 Å². The van der Waals surface area contributed by atoms with Gasteiger partial charge in [0.25, 0.3) is 0 Å². The molecule has 0 aliphatic carbocycles. The Morgan fingerprint density at radius 2 is 1.96 bits per heavy atom. The molecule has 0 saturated carbocycles. The van der Waals surface area contributed by atoms with Crippen LogP contribution in [0.3, 0.4) is 0 Å². The Labute approximate surface area is 166 Å². The Morgan fingerprint density at radius 1 is 1.31 bits per heavy atom. The average Bonchev–Trinajstić information content (AvgIpc) is 3.09. The third-order valence-electron chi connectivity index (χ3n) is 3.74. The molecular weight excluding hydrogens is 481 g/mol. The molecular formula is C14H15ClIN5O5. The van der Waals surface area contributed by atoms with E-state index in [4.69, 9.17) is 31.5 Å². The highest BCUT2D eigenvalue weighted by atomic mass is 127. The quantitative estimate of drug-likeness (QED) is 0.288. The van der Waals surface area contributed by atoms with Crippen molar-refractivity contribution in [3.8, 4) is 0 Å². The molecule has 0 spiro atoms. The van der Waals surface area contributed by atoms with E-state index in [0.29, 0.717) is 15.6 Å². The zero-order valence-electron chi connectivity index (χ0n) is 13.8. The van der Waals surface area contributed by atoms with Crippen LogP contribution in [0.25, 0.3) is 11.2 Å². The zero-order chi connectivity index (χ0) is 19.0. The Balaban J connectivity index is 2.07. The van der Waals surface area contributed by atoms with Gasteiger partial charge in [-0.25, -0.2) is 4.98 Å². The summed E-state index contributed by atoms with van der Waals surface area (Å²) >= 11 is 8.00. The molecule has 0 bridgehead atoms. The van der Waals surface area contributed by atoms with Crippen molar-refractivity contribution >= 4 is 63.1 Å². The minimum Gasteiger partial charge on any atom is -0.456 e. The van der Waals surface area contributed by atoms with Gasteiger partial charge in [-0.3, -0.25) is 14.2 Å². The van der Waals surface area contributed by atoms with Crippen LogP contribution in [0.5, 0.6) is 0 Å². The van der Waals surface area contributed by atoms with E-state index in [9.17, 15) is 9.59 Å². The number of fused-ring (bicyclic) bond motifs is 1. The van der Waals surface area contributed by atoms with Crippen LogP contribution in [0.15, 0.2) is 6.33 Å². The standard InChI is InChI=1S/C14H15ClIN5O5/c1-5(22)24-9-7(3-16)26-13(10(9)25-6(2)23)21-4-18-8-11(17)19-14(15)20-12(8)21/h4,7,9-10,13H,3H2,1-2H3,(H2,17,19,20)/t7-,9-,10-,13-/m1/s1. The normalized spacial score (nSPS) is 25.4. The number of hydrogen-bond donors (Lipinski definition) is 1. The number of nitrogens with zero attached hydrogens (tertiary/aromatic N) is 4. The van der Waals surface area contributed by atoms with Crippen molar-refractivity contribution in [2.75, 3.05) is 10.2 Å². The molecule has 1 saturated heterocycles. The van der Waals surface area contributed by atoms with Gasteiger partial charge in [-0.2, -0.15) is 9.97 Å². The Hall–Kier alpha value is -1.73. The molecule has 3 rings (SSSR count). The number of carbonyl (C=O) groups is 2. The van der Waals surface area contributed by atoms with Gasteiger partial charge in [0, 0.05) is 18.3 Å². The van der Waals surface area contributed by atoms with E-state index in [1.165, 1.54) is 24.7 Å². The fourth-order valence-electron chi connectivity index (χ4n) is 2.80. The molecule has 12 heteroatoms. The van der Waals surface area contributed by atoms with Crippen molar-refractivity contribution in [3.05, 3.63) is 11.6 Å². The van der Waals surface area contributed by atoms with Gasteiger partial charge in [-0.1, -0.05) is 22.6 Å². The van der Waals surface area contributed by atoms with E-state index in [2.05, 4.69) is 37.5 Å². The summed E-state index contributed by atoms with van der Waals surface area (Å²) in [4.78, 5) is 35.3. The number of nitrogens with two attached hydrogens (primary N) is 1. The summed E-state index contributed by atoms with van der Waals surface area (Å²) in [6.45, 7) is 2.55. The predicted octanol–water partition coefficient (Wildman–Crippen LogP) is 1.26. The lowest BCUT2D eigenvalue weighted by atomic mass is 10.1. The molecule has 4 atom stereocenters. The van der Waals surface area contributed by atoms with Crippen LogP contribution in [0, 0.1) is 0 Å². The van der Waals surface area contributed by atoms with E-state index >= 15 is 0 Å². The lowest BCUT2D eigenvalue weighted by Gasteiger charge is -2.23. The number of rotatable bonds is 4. The molecule has 2 aromatic rings. The summed E-state index contributed by atoms with van der Waals surface area (Å²) < 4.78 is 18.8. The number of anilines is 1. The molecule has 140 valence electrons. The minimum absolute atomic E-state index is 0.0549. The highest BCUT2D eigenvalue weighted by molar-refractivity contribution is 14.1. The number of imidazole rings is 1. The fraction of sp³-hybridized carbons (Fsp3) is 0.500. The first-order valence-corrected chi connectivity index (χ1v) is 9.43. The van der Waals surface area contributed by atoms with E-state index < -0.39 is 36.5 Å². The highest BCUT2D eigenvalue weighted by Crippen LogP contribution is 2.36. The van der Waals surface area contributed by atoms with Crippen LogP contribution in [0.1, 0.15) is 20.1 Å². The van der Waals surface area contributed by atoms with Gasteiger partial charge in [-0.05, 0) is 11.6 Å². The van der Waals surface area contributed by atoms with Gasteiger partial charge >= 0.3 is 11.9 Å². The summed E-state index contributed by atoms with van der Waals surface area (Å²) in [6.07, 6.45) is -1.53. The Morgan fingerprint density at radius 3 is 2.58 bits per heavy atom. The zero-order valence-corrected chi connectivity index (χ0v) is 16.7. The topological polar surface area (TPSA) is 131 Å². The maximum Gasteiger partial charge on any atom is 0.303 e. The molecule has 26 heavy (non-hydrogen) atoms. The number of alkyl halides is 1. The van der Waals surface area contributed by atoms with Gasteiger partial charge in [-0.15, -0.1) is 0 Å². The average molecular weight is 496 g/mol. The van der Waals surface area contributed by atoms with Crippen molar-refractivity contribution in [1.82, 2.24) is 19.5 Å². The second-order valence-electron chi connectivity index (χ2n) is 5.57. The number of ether oxygens (including phenoxy) is 3. The molecule has 0 aromatic carbocycles. The van der Waals surface area contributed by atoms with Gasteiger partial charge in [0.1, 0.15) is 11.6 Å². The molecule has 0 radical (unpaired) electrons. The van der Waals surface area contributed by atoms with Crippen molar-refractivity contribution in [3.63, 3.8) is 0 Å². The van der Waals surface area contributed by atoms with Gasteiger partial charge in [0.05, 0.1) is 6.33 Å². The molecule has 0 amide bonds. The SMILES string of the molecule is CC(=O)O[C@@H]1[C@H](OC(C)=O)[C@@H](CI)O[C@H]1n1cnc2c(N)nc(Cl)nc21. The van der Waals surface area contributed by atoms with E-state index in [1.54, 1.807) is 0 Å². The third kappa shape index (κ3) is 3.55. The van der Waals surface area contributed by atoms with E-state index in [1.807, 2.05) is 0 Å². The summed E-state index contributed by atoms with van der Waals surface area (Å²) in [5.41, 5.74) is 6.48. The molecule has 1 aliphatic heterocycles. The first-order valence-electron chi connectivity index (χ1n) is 7.53. The van der Waals surface area contributed by atoms with Crippen LogP contribution in [-0.4, -0.2) is 54.2 Å². The summed E-state index contributed by atoms with van der Waals surface area (Å²) in [5.74, 6) is -0.925. The lowest BCUT2D eigenvalue weighted by molar-refractivity contribution is -0.165. The minimum atomic E-state index is -0.886. The van der Waals surface area contributed by atoms with E-state index in [-0.39, 0.29) is 11.1 Å². The van der Waals surface area contributed by atoms with Crippen molar-refractivity contribution < 1.29 is 23.8 Å². The lowest BCUT2D eigenvalue weighted by Crippen LogP contribution is -2.39. The number of nitrogen functional groups attached to an aromatic ring is 1. The predicted molar refractivity (Wildman–Crippen MR) is 98.7 cm³/mol. The first-order chi connectivity index (χ1) is 12.3. The molecule has 1 fully saturated rings. The fourth-order valence-corrected chi connectivity index (χ4v) is 3.68. The van der Waals surface area contributed by atoms with Crippen molar-refractivity contribution in [2.45, 2.75) is 38.4 Å². The van der Waals surface area contributed by atoms with Crippen LogP contribution >= 0.6 is 34.2 Å². The van der Waals surface area contributed by atoms with Gasteiger partial charge < -0.3 is 19.9 Å². The number of hydrogen-bond acceptors (Lipinski definition) is 9. The van der Waals surface area contributed by atoms with Crippen LogP contribution < -0.4 is 5.73 Å². The van der Waals surface area contributed by atoms with Crippen LogP contribution in [-0.2, 0) is 23.8 Å². The van der Waals surface area contributed by atoms with Gasteiger partial charge in [0.15, 0.2) is 29.9 Å². The monoisotopic (exact) mass is 495 g/mol. The Bertz CT molecular complexity index is 862. The summed E-state index contributed by atoms with van der Waals surface area (Å²) in [6, 6.07) is 0. The summed E-state index contributed by atoms with van der Waals surface area (Å²) in [7, 11) is 0. The first kappa shape index (κ1) is 19.0. The maximum atomic E-state index is 11.6. The van der Waals surface area contributed by atoms with Crippen LogP contribution in [0.2, 0.25) is 5.28 Å². The molecule has 3 heterocycles.